The van der Waals surface area contributed by atoms with E-state index >= 15 is 0 Å². The van der Waals surface area contributed by atoms with E-state index in [2.05, 4.69) is 38.0 Å². The quantitative estimate of drug-likeness (QED) is 0.515. The van der Waals surface area contributed by atoms with Crippen molar-refractivity contribution in [2.45, 2.75) is 70.1 Å². The van der Waals surface area contributed by atoms with Crippen LogP contribution in [0.15, 0.2) is 10.4 Å². The van der Waals surface area contributed by atoms with Gasteiger partial charge in [0.1, 0.15) is 0 Å². The van der Waals surface area contributed by atoms with Crippen LogP contribution in [0.1, 0.15) is 59.8 Å². The van der Waals surface area contributed by atoms with Crippen molar-refractivity contribution in [3.63, 3.8) is 0 Å². The Bertz CT molecular complexity index is 640. The van der Waals surface area contributed by atoms with Crippen LogP contribution >= 0.6 is 23.1 Å². The highest BCUT2D eigenvalue weighted by Gasteiger charge is 2.30. The maximum Gasteiger partial charge on any atom is 0.323 e. The van der Waals surface area contributed by atoms with Crippen molar-refractivity contribution in [3.05, 3.63) is 6.20 Å². The normalized spacial score (nSPS) is 19.8. The van der Waals surface area contributed by atoms with Gasteiger partial charge in [-0.3, -0.25) is 10.1 Å². The molecule has 2 rings (SSSR count). The molecule has 2 N–H and O–H groups in total. The largest absolute Gasteiger partial charge is 0.481 e. The lowest BCUT2D eigenvalue weighted by atomic mass is 9.79. The summed E-state index contributed by atoms with van der Waals surface area (Å²) in [6.45, 7) is 9.69. The Kier molecular flexibility index (Phi) is 9.08. The fourth-order valence-corrected chi connectivity index (χ4v) is 5.19. The molecule has 0 unspecified atom stereocenters. The first-order chi connectivity index (χ1) is 13.3. The zero-order valence-corrected chi connectivity index (χ0v) is 18.9. The van der Waals surface area contributed by atoms with Gasteiger partial charge in [0, 0.05) is 12.6 Å². The van der Waals surface area contributed by atoms with E-state index < -0.39 is 5.97 Å². The van der Waals surface area contributed by atoms with Crippen LogP contribution in [0.3, 0.4) is 0 Å². The van der Waals surface area contributed by atoms with Crippen LogP contribution in [-0.4, -0.2) is 45.3 Å². The average molecular weight is 428 g/mol. The summed E-state index contributed by atoms with van der Waals surface area (Å²) >= 11 is 2.55. The van der Waals surface area contributed by atoms with Crippen molar-refractivity contribution in [1.29, 1.82) is 0 Å². The van der Waals surface area contributed by atoms with E-state index in [1.54, 1.807) is 6.20 Å². The number of hydrogen-bond donors (Lipinski definition) is 2. The average Bonchev–Trinajstić information content (AvgIpc) is 3.07. The van der Waals surface area contributed by atoms with Crippen molar-refractivity contribution < 1.29 is 14.7 Å². The molecule has 28 heavy (non-hydrogen) atoms. The van der Waals surface area contributed by atoms with E-state index in [1.165, 1.54) is 35.9 Å². The van der Waals surface area contributed by atoms with Crippen LogP contribution < -0.4 is 5.32 Å². The first-order valence-corrected chi connectivity index (χ1v) is 11.9. The second-order valence-electron chi connectivity index (χ2n) is 8.29. The number of aromatic nitrogens is 1. The SMILES string of the molecule is CC(C)CCN(C(=O)Nc1ncc(SCC(=O)O)s1)C1CCC(C(C)C)CC1. The summed E-state index contributed by atoms with van der Waals surface area (Å²) in [5.74, 6) is 1.15. The van der Waals surface area contributed by atoms with Gasteiger partial charge in [0.15, 0.2) is 5.13 Å². The van der Waals surface area contributed by atoms with Gasteiger partial charge < -0.3 is 10.0 Å². The van der Waals surface area contributed by atoms with Gasteiger partial charge in [-0.15, -0.1) is 11.8 Å². The highest BCUT2D eigenvalue weighted by molar-refractivity contribution is 8.01. The number of hydrogen-bond acceptors (Lipinski definition) is 5. The van der Waals surface area contributed by atoms with Gasteiger partial charge in [-0.1, -0.05) is 39.0 Å². The molecule has 0 saturated heterocycles. The smallest absolute Gasteiger partial charge is 0.323 e. The van der Waals surface area contributed by atoms with Crippen LogP contribution in [0.5, 0.6) is 0 Å². The van der Waals surface area contributed by atoms with E-state index in [0.717, 1.165) is 35.9 Å². The van der Waals surface area contributed by atoms with Crippen LogP contribution in [0.4, 0.5) is 9.93 Å². The van der Waals surface area contributed by atoms with Crippen LogP contribution in [0.2, 0.25) is 0 Å². The molecule has 0 bridgehead atoms. The summed E-state index contributed by atoms with van der Waals surface area (Å²) < 4.78 is 0.795. The van der Waals surface area contributed by atoms with Gasteiger partial charge in [-0.2, -0.15) is 0 Å². The molecule has 1 aliphatic carbocycles. The number of carboxylic acids is 1. The molecule has 1 aromatic heterocycles. The molecule has 1 fully saturated rings. The molecule has 2 amide bonds. The number of carbonyl (C=O) groups is 2. The number of aliphatic carboxylic acids is 1. The number of carboxylic acid groups (broad SMARTS) is 1. The first-order valence-electron chi connectivity index (χ1n) is 10.1. The minimum atomic E-state index is -0.860. The van der Waals surface area contributed by atoms with E-state index in [4.69, 9.17) is 5.11 Å². The third-order valence-electron chi connectivity index (χ3n) is 5.37. The van der Waals surface area contributed by atoms with Crippen molar-refractivity contribution in [3.8, 4) is 0 Å². The molecule has 0 aliphatic heterocycles. The predicted molar refractivity (Wildman–Crippen MR) is 116 cm³/mol. The number of nitrogens with one attached hydrogen (secondary N) is 1. The molecule has 8 heteroatoms. The van der Waals surface area contributed by atoms with Crippen LogP contribution in [-0.2, 0) is 4.79 Å². The van der Waals surface area contributed by atoms with Gasteiger partial charge in [0.25, 0.3) is 0 Å². The second-order valence-corrected chi connectivity index (χ2v) is 10.6. The molecule has 0 atom stereocenters. The van der Waals surface area contributed by atoms with Gasteiger partial charge in [0.05, 0.1) is 16.2 Å². The lowest BCUT2D eigenvalue weighted by molar-refractivity contribution is -0.133. The molecule has 0 radical (unpaired) electrons. The van der Waals surface area contributed by atoms with Crippen LogP contribution in [0, 0.1) is 17.8 Å². The standard InChI is InChI=1S/C20H33N3O3S2/c1-13(2)9-10-23(16-7-5-15(6-8-16)14(3)4)20(26)22-19-21-11-18(28-19)27-12-17(24)25/h11,13-16H,5-10,12H2,1-4H3,(H,24,25)(H,21,22,26). The highest BCUT2D eigenvalue weighted by Crippen LogP contribution is 2.33. The molecular weight excluding hydrogens is 394 g/mol. The molecule has 1 aromatic rings. The molecule has 1 heterocycles. The molecular formula is C20H33N3O3S2. The van der Waals surface area contributed by atoms with Gasteiger partial charge in [-0.25, -0.2) is 9.78 Å². The summed E-state index contributed by atoms with van der Waals surface area (Å²) in [7, 11) is 0. The monoisotopic (exact) mass is 427 g/mol. The molecule has 1 aliphatic rings. The summed E-state index contributed by atoms with van der Waals surface area (Å²) in [6.07, 6.45) is 7.09. The van der Waals surface area contributed by atoms with E-state index in [-0.39, 0.29) is 17.8 Å². The fraction of sp³-hybridized carbons (Fsp3) is 0.750. The number of amides is 2. The minimum absolute atomic E-state index is 0.00478. The Hall–Kier alpha value is -1.28. The summed E-state index contributed by atoms with van der Waals surface area (Å²) in [6, 6.07) is 0.201. The van der Waals surface area contributed by atoms with Crippen molar-refractivity contribution in [2.75, 3.05) is 17.6 Å². The molecule has 0 aromatic carbocycles. The minimum Gasteiger partial charge on any atom is -0.481 e. The lowest BCUT2D eigenvalue weighted by Gasteiger charge is -2.38. The lowest BCUT2D eigenvalue weighted by Crippen LogP contribution is -2.45. The summed E-state index contributed by atoms with van der Waals surface area (Å²) in [4.78, 5) is 29.9. The zero-order chi connectivity index (χ0) is 20.7. The van der Waals surface area contributed by atoms with Crippen molar-refractivity contribution in [2.24, 2.45) is 17.8 Å². The predicted octanol–water partition coefficient (Wildman–Crippen LogP) is 5.41. The maximum atomic E-state index is 13.0. The van der Waals surface area contributed by atoms with Crippen molar-refractivity contribution >= 4 is 40.2 Å². The van der Waals surface area contributed by atoms with Gasteiger partial charge in [0.2, 0.25) is 0 Å². The van der Waals surface area contributed by atoms with Crippen LogP contribution in [0.25, 0.3) is 0 Å². The number of carbonyl (C=O) groups excluding carboxylic acids is 1. The fourth-order valence-electron chi connectivity index (χ4n) is 3.61. The van der Waals surface area contributed by atoms with E-state index in [1.807, 2.05) is 4.90 Å². The number of urea groups is 1. The van der Waals surface area contributed by atoms with E-state index in [9.17, 15) is 9.59 Å². The molecule has 6 nitrogen and oxygen atoms in total. The maximum absolute atomic E-state index is 13.0. The Labute approximate surface area is 176 Å². The number of anilines is 1. The Morgan fingerprint density at radius 1 is 1.29 bits per heavy atom. The van der Waals surface area contributed by atoms with Gasteiger partial charge >= 0.3 is 12.0 Å². The third-order valence-corrected chi connectivity index (χ3v) is 7.46. The zero-order valence-electron chi connectivity index (χ0n) is 17.3. The third kappa shape index (κ3) is 7.28. The van der Waals surface area contributed by atoms with E-state index in [0.29, 0.717) is 17.0 Å². The number of thiazole rings is 1. The first kappa shape index (κ1) is 23.0. The highest BCUT2D eigenvalue weighted by atomic mass is 32.2. The molecule has 1 saturated carbocycles. The summed E-state index contributed by atoms with van der Waals surface area (Å²) in [5.41, 5.74) is 0. The second kappa shape index (κ2) is 11.0. The Morgan fingerprint density at radius 2 is 1.96 bits per heavy atom. The van der Waals surface area contributed by atoms with Crippen molar-refractivity contribution in [1.82, 2.24) is 9.88 Å². The van der Waals surface area contributed by atoms with Gasteiger partial charge in [-0.05, 0) is 49.9 Å². The Morgan fingerprint density at radius 3 is 2.54 bits per heavy atom. The number of nitrogens with zero attached hydrogens (tertiary/aromatic N) is 2. The molecule has 158 valence electrons. The number of rotatable bonds is 9. The topological polar surface area (TPSA) is 82.5 Å². The summed E-state index contributed by atoms with van der Waals surface area (Å²) in [5, 5.41) is 12.3. The number of thioether (sulfide) groups is 1. The Balaban J connectivity index is 1.98. The molecule has 0 spiro atoms.